The quantitative estimate of drug-likeness (QED) is 0.832. The molecule has 24 heavy (non-hydrogen) atoms. The minimum Gasteiger partial charge on any atom is -0.504 e. The highest BCUT2D eigenvalue weighted by Crippen LogP contribution is 2.55. The Kier molecular flexibility index (Phi) is 3.78. The Balaban J connectivity index is 1.42. The van der Waals surface area contributed by atoms with E-state index < -0.39 is 0 Å². The lowest BCUT2D eigenvalue weighted by Gasteiger charge is -2.56. The van der Waals surface area contributed by atoms with Gasteiger partial charge in [-0.2, -0.15) is 0 Å². The average molecular weight is 327 g/mol. The Labute approximate surface area is 142 Å². The summed E-state index contributed by atoms with van der Waals surface area (Å²) in [6.07, 6.45) is 10.9. The maximum Gasteiger partial charge on any atom is 0.244 e. The van der Waals surface area contributed by atoms with E-state index in [-0.39, 0.29) is 17.2 Å². The lowest BCUT2D eigenvalue weighted by atomic mass is 9.53. The second-order valence-corrected chi connectivity index (χ2v) is 7.95. The fourth-order valence-corrected chi connectivity index (χ4v) is 5.55. The van der Waals surface area contributed by atoms with Gasteiger partial charge in [-0.15, -0.1) is 0 Å². The number of nitrogens with one attached hydrogen (secondary N) is 1. The maximum atomic E-state index is 12.4. The monoisotopic (exact) mass is 327 g/mol. The Morgan fingerprint density at radius 2 is 1.83 bits per heavy atom. The normalized spacial score (nSPS) is 33.8. The summed E-state index contributed by atoms with van der Waals surface area (Å²) in [6, 6.07) is 5.13. The van der Waals surface area contributed by atoms with E-state index in [0.717, 1.165) is 42.6 Å². The van der Waals surface area contributed by atoms with E-state index in [1.54, 1.807) is 24.3 Å². The van der Waals surface area contributed by atoms with E-state index >= 15 is 0 Å². The molecule has 0 unspecified atom stereocenters. The van der Waals surface area contributed by atoms with Gasteiger partial charge < -0.3 is 15.2 Å². The van der Waals surface area contributed by atoms with Crippen molar-refractivity contribution < 1.29 is 14.6 Å². The zero-order chi connectivity index (χ0) is 16.7. The third kappa shape index (κ3) is 2.90. The van der Waals surface area contributed by atoms with Crippen LogP contribution in [-0.4, -0.2) is 23.7 Å². The number of phenols is 1. The van der Waals surface area contributed by atoms with Crippen molar-refractivity contribution in [3.05, 3.63) is 29.8 Å². The van der Waals surface area contributed by atoms with Crippen molar-refractivity contribution in [1.82, 2.24) is 5.32 Å². The number of phenolic OH excluding ortho intramolecular Hbond substituents is 1. The molecule has 4 aliphatic rings. The van der Waals surface area contributed by atoms with Crippen LogP contribution in [0.4, 0.5) is 0 Å². The number of carbonyl (C=O) groups excluding carboxylic acids is 1. The molecule has 1 aromatic rings. The molecule has 0 radical (unpaired) electrons. The van der Waals surface area contributed by atoms with Crippen molar-refractivity contribution in [1.29, 1.82) is 0 Å². The van der Waals surface area contributed by atoms with Gasteiger partial charge in [0.05, 0.1) is 7.11 Å². The number of carbonyl (C=O) groups is 1. The van der Waals surface area contributed by atoms with Gasteiger partial charge in [-0.3, -0.25) is 4.79 Å². The van der Waals surface area contributed by atoms with Gasteiger partial charge in [-0.25, -0.2) is 0 Å². The van der Waals surface area contributed by atoms with Gasteiger partial charge in [-0.05, 0) is 80.1 Å². The predicted molar refractivity (Wildman–Crippen MR) is 92.7 cm³/mol. The molecule has 4 saturated carbocycles. The summed E-state index contributed by atoms with van der Waals surface area (Å²) in [6.45, 7) is 0. The largest absolute Gasteiger partial charge is 0.504 e. The van der Waals surface area contributed by atoms with E-state index in [4.69, 9.17) is 4.74 Å². The fraction of sp³-hybridized carbons (Fsp3) is 0.550. The smallest absolute Gasteiger partial charge is 0.244 e. The molecular formula is C20H25NO3. The minimum atomic E-state index is -0.0211. The SMILES string of the molecule is COc1ccc(/C=C/C(=O)NC23CC4CC(CC(C4)C2)C3)cc1O. The van der Waals surface area contributed by atoms with E-state index in [1.165, 1.54) is 26.4 Å². The molecule has 4 fully saturated rings. The minimum absolute atomic E-state index is 0.0211. The van der Waals surface area contributed by atoms with Crippen molar-refractivity contribution in [3.8, 4) is 11.5 Å². The van der Waals surface area contributed by atoms with Crippen LogP contribution in [0.2, 0.25) is 0 Å². The van der Waals surface area contributed by atoms with Crippen LogP contribution in [-0.2, 0) is 4.79 Å². The summed E-state index contributed by atoms with van der Waals surface area (Å²) in [5.41, 5.74) is 0.826. The molecule has 5 rings (SSSR count). The van der Waals surface area contributed by atoms with Gasteiger partial charge in [0.1, 0.15) is 0 Å². The van der Waals surface area contributed by atoms with Crippen molar-refractivity contribution in [3.63, 3.8) is 0 Å². The first kappa shape index (κ1) is 15.6. The highest BCUT2D eigenvalue weighted by atomic mass is 16.5. The second-order valence-electron chi connectivity index (χ2n) is 7.95. The summed E-state index contributed by atoms with van der Waals surface area (Å²) < 4.78 is 5.03. The maximum absolute atomic E-state index is 12.4. The van der Waals surface area contributed by atoms with Crippen LogP contribution in [0.25, 0.3) is 6.08 Å². The molecule has 4 aliphatic carbocycles. The molecule has 1 aromatic carbocycles. The summed E-state index contributed by atoms with van der Waals surface area (Å²) >= 11 is 0. The highest BCUT2D eigenvalue weighted by molar-refractivity contribution is 5.92. The molecule has 4 nitrogen and oxygen atoms in total. The highest BCUT2D eigenvalue weighted by Gasteiger charge is 2.51. The second kappa shape index (κ2) is 5.83. The summed E-state index contributed by atoms with van der Waals surface area (Å²) in [4.78, 5) is 12.4. The summed E-state index contributed by atoms with van der Waals surface area (Å²) in [7, 11) is 1.52. The van der Waals surface area contributed by atoms with Crippen molar-refractivity contribution in [2.45, 2.75) is 44.1 Å². The van der Waals surface area contributed by atoms with Crippen LogP contribution in [0, 0.1) is 17.8 Å². The molecule has 2 N–H and O–H groups in total. The molecule has 128 valence electrons. The standard InChI is InChI=1S/C20H25NO3/c1-24-18-4-2-13(9-17(18)22)3-5-19(23)21-20-10-14-6-15(11-20)8-16(7-14)12-20/h2-5,9,14-16,22H,6-8,10-12H2,1H3,(H,21,23)/b5-3+. The summed E-state index contributed by atoms with van der Waals surface area (Å²) in [5, 5.41) is 13.1. The van der Waals surface area contributed by atoms with Crippen molar-refractivity contribution in [2.24, 2.45) is 17.8 Å². The van der Waals surface area contributed by atoms with E-state index in [2.05, 4.69) is 5.32 Å². The van der Waals surface area contributed by atoms with Crippen LogP contribution < -0.4 is 10.1 Å². The Morgan fingerprint density at radius 3 is 2.38 bits per heavy atom. The van der Waals surface area contributed by atoms with Crippen LogP contribution in [0.5, 0.6) is 11.5 Å². The number of methoxy groups -OCH3 is 1. The van der Waals surface area contributed by atoms with E-state index in [0.29, 0.717) is 5.75 Å². The van der Waals surface area contributed by atoms with Gasteiger partial charge in [0.15, 0.2) is 11.5 Å². The lowest BCUT2D eigenvalue weighted by Crippen LogP contribution is -2.59. The molecule has 4 bridgehead atoms. The Morgan fingerprint density at radius 1 is 1.21 bits per heavy atom. The number of amides is 1. The molecule has 4 heteroatoms. The Bertz CT molecular complexity index is 644. The number of aromatic hydroxyl groups is 1. The zero-order valence-electron chi connectivity index (χ0n) is 14.1. The van der Waals surface area contributed by atoms with Crippen LogP contribution in [0.15, 0.2) is 24.3 Å². The van der Waals surface area contributed by atoms with Gasteiger partial charge >= 0.3 is 0 Å². The van der Waals surface area contributed by atoms with E-state index in [9.17, 15) is 9.90 Å². The molecular weight excluding hydrogens is 302 g/mol. The number of benzene rings is 1. The van der Waals surface area contributed by atoms with Crippen LogP contribution in [0.3, 0.4) is 0 Å². The third-order valence-electron chi connectivity index (χ3n) is 6.06. The average Bonchev–Trinajstić information content (AvgIpc) is 2.51. The zero-order valence-corrected chi connectivity index (χ0v) is 14.1. The first-order valence-corrected chi connectivity index (χ1v) is 8.92. The molecule has 0 aliphatic heterocycles. The van der Waals surface area contributed by atoms with Gasteiger partial charge in [0.25, 0.3) is 0 Å². The molecule has 1 amide bonds. The number of hydrogen-bond donors (Lipinski definition) is 2. The predicted octanol–water partition coefficient (Wildman–Crippen LogP) is 3.50. The lowest BCUT2D eigenvalue weighted by molar-refractivity contribution is -0.122. The van der Waals surface area contributed by atoms with Gasteiger partial charge in [0, 0.05) is 11.6 Å². The molecule has 0 saturated heterocycles. The van der Waals surface area contributed by atoms with Crippen LogP contribution >= 0.6 is 0 Å². The molecule has 0 atom stereocenters. The van der Waals surface area contributed by atoms with Gasteiger partial charge in [0.2, 0.25) is 5.91 Å². The number of ether oxygens (including phenoxy) is 1. The van der Waals surface area contributed by atoms with Crippen molar-refractivity contribution >= 4 is 12.0 Å². The van der Waals surface area contributed by atoms with Gasteiger partial charge in [-0.1, -0.05) is 6.07 Å². The molecule has 0 aromatic heterocycles. The Hall–Kier alpha value is -1.97. The number of rotatable bonds is 4. The summed E-state index contributed by atoms with van der Waals surface area (Å²) in [5.74, 6) is 2.95. The van der Waals surface area contributed by atoms with E-state index in [1.807, 2.05) is 6.07 Å². The fourth-order valence-electron chi connectivity index (χ4n) is 5.55. The molecule has 0 heterocycles. The first-order chi connectivity index (χ1) is 11.5. The first-order valence-electron chi connectivity index (χ1n) is 8.92. The van der Waals surface area contributed by atoms with Crippen molar-refractivity contribution in [2.75, 3.05) is 7.11 Å². The molecule has 0 spiro atoms. The number of hydrogen-bond acceptors (Lipinski definition) is 3. The van der Waals surface area contributed by atoms with Crippen LogP contribution in [0.1, 0.15) is 44.1 Å². The third-order valence-corrected chi connectivity index (χ3v) is 6.06. The topological polar surface area (TPSA) is 58.6 Å².